The van der Waals surface area contributed by atoms with E-state index in [4.69, 9.17) is 0 Å². The largest absolute Gasteiger partial charge is 0.453 e. The molecule has 3 heterocycles. The van der Waals surface area contributed by atoms with Crippen LogP contribution < -0.4 is 16.2 Å². The van der Waals surface area contributed by atoms with Crippen LogP contribution in [0.4, 0.5) is 10.5 Å². The summed E-state index contributed by atoms with van der Waals surface area (Å²) in [7, 11) is 1.30. The van der Waals surface area contributed by atoms with Gasteiger partial charge in [-0.15, -0.1) is 11.3 Å². The lowest BCUT2D eigenvalue weighted by atomic mass is 10.2. The van der Waals surface area contributed by atoms with Crippen molar-refractivity contribution in [2.45, 2.75) is 32.9 Å². The minimum absolute atomic E-state index is 0.0519. The fourth-order valence-electron chi connectivity index (χ4n) is 3.43. The van der Waals surface area contributed by atoms with E-state index in [9.17, 15) is 14.4 Å². The molecule has 29 heavy (non-hydrogen) atoms. The summed E-state index contributed by atoms with van der Waals surface area (Å²) in [5.74, 6) is 0.572. The van der Waals surface area contributed by atoms with E-state index in [-0.39, 0.29) is 11.5 Å². The van der Waals surface area contributed by atoms with Crippen LogP contribution in [0.5, 0.6) is 0 Å². The molecular weight excluding hydrogens is 392 g/mol. The molecular formula is C20H20N4O4S. The third-order valence-electron chi connectivity index (χ3n) is 4.96. The molecule has 1 aromatic carbocycles. The SMILES string of the molecule is COC(=O)Nc1ccc(CNC(=O)c2sc3nc4n(c(=O)c3c2C)CCC4)cc1. The summed E-state index contributed by atoms with van der Waals surface area (Å²) < 4.78 is 6.26. The molecule has 0 spiro atoms. The van der Waals surface area contributed by atoms with E-state index in [0.717, 1.165) is 24.2 Å². The lowest BCUT2D eigenvalue weighted by Gasteiger charge is -2.07. The Morgan fingerprint density at radius 2 is 2.03 bits per heavy atom. The fraction of sp³-hybridized carbons (Fsp3) is 0.300. The number of thiophene rings is 1. The number of amides is 2. The van der Waals surface area contributed by atoms with Gasteiger partial charge in [-0.05, 0) is 36.6 Å². The second-order valence-corrected chi connectivity index (χ2v) is 7.82. The number of rotatable bonds is 4. The van der Waals surface area contributed by atoms with Crippen molar-refractivity contribution in [3.63, 3.8) is 0 Å². The number of hydrogen-bond acceptors (Lipinski definition) is 6. The first-order chi connectivity index (χ1) is 14.0. The number of nitrogens with zero attached hydrogens (tertiary/aromatic N) is 2. The Labute approximate surface area is 170 Å². The third kappa shape index (κ3) is 3.61. The van der Waals surface area contributed by atoms with Crippen molar-refractivity contribution in [2.75, 3.05) is 12.4 Å². The Balaban J connectivity index is 1.50. The monoisotopic (exact) mass is 412 g/mol. The third-order valence-corrected chi connectivity index (χ3v) is 6.14. The topological polar surface area (TPSA) is 102 Å². The highest BCUT2D eigenvalue weighted by Gasteiger charge is 2.23. The number of anilines is 1. The predicted molar refractivity (Wildman–Crippen MR) is 111 cm³/mol. The van der Waals surface area contributed by atoms with E-state index in [1.807, 2.05) is 12.1 Å². The van der Waals surface area contributed by atoms with Gasteiger partial charge in [0.1, 0.15) is 10.7 Å². The number of ether oxygens (including phenoxy) is 1. The van der Waals surface area contributed by atoms with Crippen molar-refractivity contribution >= 4 is 39.2 Å². The van der Waals surface area contributed by atoms with Gasteiger partial charge >= 0.3 is 6.09 Å². The minimum atomic E-state index is -0.540. The number of hydrogen-bond donors (Lipinski definition) is 2. The van der Waals surface area contributed by atoms with Gasteiger partial charge in [0.2, 0.25) is 0 Å². The van der Waals surface area contributed by atoms with Crippen LogP contribution in [0.2, 0.25) is 0 Å². The van der Waals surface area contributed by atoms with Gasteiger partial charge in [0.25, 0.3) is 11.5 Å². The van der Waals surface area contributed by atoms with Gasteiger partial charge in [-0.2, -0.15) is 0 Å². The number of aromatic nitrogens is 2. The number of fused-ring (bicyclic) bond motifs is 2. The van der Waals surface area contributed by atoms with Gasteiger partial charge in [0.15, 0.2) is 0 Å². The summed E-state index contributed by atoms with van der Waals surface area (Å²) in [4.78, 5) is 42.4. The number of carbonyl (C=O) groups excluding carboxylic acids is 2. The van der Waals surface area contributed by atoms with Crippen LogP contribution in [-0.2, 0) is 24.2 Å². The van der Waals surface area contributed by atoms with Crippen molar-refractivity contribution in [3.8, 4) is 0 Å². The number of methoxy groups -OCH3 is 1. The summed E-state index contributed by atoms with van der Waals surface area (Å²) in [6.45, 7) is 2.81. The average molecular weight is 412 g/mol. The molecule has 150 valence electrons. The molecule has 1 aliphatic rings. The van der Waals surface area contributed by atoms with Crippen molar-refractivity contribution in [1.29, 1.82) is 0 Å². The standard InChI is InChI=1S/C20H20N4O4S/c1-11-15-18(23-14-4-3-9-24(14)19(15)26)29-16(11)17(25)21-10-12-5-7-13(8-6-12)22-20(27)28-2/h5-8H,3-4,9-10H2,1-2H3,(H,21,25)(H,22,27). The van der Waals surface area contributed by atoms with Crippen LogP contribution in [0.15, 0.2) is 29.1 Å². The van der Waals surface area contributed by atoms with E-state index in [1.54, 1.807) is 23.6 Å². The Morgan fingerprint density at radius 3 is 2.76 bits per heavy atom. The molecule has 2 aromatic heterocycles. The van der Waals surface area contributed by atoms with Gasteiger partial charge in [-0.1, -0.05) is 12.1 Å². The molecule has 0 saturated carbocycles. The van der Waals surface area contributed by atoms with Crippen molar-refractivity contribution in [3.05, 3.63) is 56.4 Å². The molecule has 3 aromatic rings. The lowest BCUT2D eigenvalue weighted by molar-refractivity contribution is 0.0954. The Bertz CT molecular complexity index is 1160. The average Bonchev–Trinajstić information content (AvgIpc) is 3.32. The van der Waals surface area contributed by atoms with Crippen molar-refractivity contribution in [1.82, 2.24) is 14.9 Å². The number of aryl methyl sites for hydroxylation is 2. The van der Waals surface area contributed by atoms with Gasteiger partial charge in [-0.3, -0.25) is 19.5 Å². The molecule has 0 saturated heterocycles. The highest BCUT2D eigenvalue weighted by Crippen LogP contribution is 2.28. The Hall–Kier alpha value is -3.20. The molecule has 0 fully saturated rings. The van der Waals surface area contributed by atoms with Gasteiger partial charge in [0, 0.05) is 25.2 Å². The maximum absolute atomic E-state index is 12.7. The Morgan fingerprint density at radius 1 is 1.28 bits per heavy atom. The zero-order chi connectivity index (χ0) is 20.5. The smallest absolute Gasteiger partial charge is 0.411 e. The van der Waals surface area contributed by atoms with Crippen LogP contribution in [0.25, 0.3) is 10.2 Å². The van der Waals surface area contributed by atoms with Crippen LogP contribution in [0.3, 0.4) is 0 Å². The fourth-order valence-corrected chi connectivity index (χ4v) is 4.54. The van der Waals surface area contributed by atoms with E-state index >= 15 is 0 Å². The zero-order valence-electron chi connectivity index (χ0n) is 16.1. The minimum Gasteiger partial charge on any atom is -0.453 e. The molecule has 9 heteroatoms. The van der Waals surface area contributed by atoms with Gasteiger partial charge in [-0.25, -0.2) is 9.78 Å². The van der Waals surface area contributed by atoms with Crippen LogP contribution in [0.1, 0.15) is 33.0 Å². The number of nitrogens with one attached hydrogen (secondary N) is 2. The van der Waals surface area contributed by atoms with Crippen LogP contribution >= 0.6 is 11.3 Å². The molecule has 2 amide bonds. The highest BCUT2D eigenvalue weighted by atomic mass is 32.1. The van der Waals surface area contributed by atoms with Crippen LogP contribution in [-0.4, -0.2) is 28.7 Å². The maximum atomic E-state index is 12.7. The molecule has 4 rings (SSSR count). The molecule has 0 atom stereocenters. The maximum Gasteiger partial charge on any atom is 0.411 e. The summed E-state index contributed by atoms with van der Waals surface area (Å²) in [5.41, 5.74) is 2.11. The van der Waals surface area contributed by atoms with E-state index in [2.05, 4.69) is 20.4 Å². The summed E-state index contributed by atoms with van der Waals surface area (Å²) in [5, 5.41) is 6.00. The van der Waals surface area contributed by atoms with E-state index in [1.165, 1.54) is 18.4 Å². The molecule has 0 aliphatic carbocycles. The molecule has 2 N–H and O–H groups in total. The molecule has 1 aliphatic heterocycles. The first kappa shape index (κ1) is 19.1. The first-order valence-electron chi connectivity index (χ1n) is 9.23. The second kappa shape index (κ2) is 7.67. The summed E-state index contributed by atoms with van der Waals surface area (Å²) in [6.07, 6.45) is 1.19. The molecule has 0 unspecified atom stereocenters. The predicted octanol–water partition coefficient (Wildman–Crippen LogP) is 2.82. The molecule has 8 nitrogen and oxygen atoms in total. The summed E-state index contributed by atoms with van der Waals surface area (Å²) >= 11 is 1.26. The number of carbonyl (C=O) groups is 2. The summed E-state index contributed by atoms with van der Waals surface area (Å²) in [6, 6.07) is 7.08. The first-order valence-corrected chi connectivity index (χ1v) is 10.0. The molecule has 0 radical (unpaired) electrons. The van der Waals surface area contributed by atoms with Gasteiger partial charge in [0.05, 0.1) is 17.4 Å². The molecule has 0 bridgehead atoms. The normalized spacial score (nSPS) is 12.6. The quantitative estimate of drug-likeness (QED) is 0.686. The van der Waals surface area contributed by atoms with Crippen LogP contribution in [0, 0.1) is 6.92 Å². The number of benzene rings is 1. The van der Waals surface area contributed by atoms with E-state index < -0.39 is 6.09 Å². The highest BCUT2D eigenvalue weighted by molar-refractivity contribution is 7.20. The second-order valence-electron chi connectivity index (χ2n) is 6.82. The lowest BCUT2D eigenvalue weighted by Crippen LogP contribution is -2.23. The van der Waals surface area contributed by atoms with Crippen molar-refractivity contribution in [2.24, 2.45) is 0 Å². The Kier molecular flexibility index (Phi) is 5.06. The van der Waals surface area contributed by atoms with E-state index in [0.29, 0.717) is 39.4 Å². The van der Waals surface area contributed by atoms with Gasteiger partial charge < -0.3 is 10.1 Å². The zero-order valence-corrected chi connectivity index (χ0v) is 16.9. The van der Waals surface area contributed by atoms with Crippen molar-refractivity contribution < 1.29 is 14.3 Å².